The third-order valence-electron chi connectivity index (χ3n) is 4.68. The summed E-state index contributed by atoms with van der Waals surface area (Å²) < 4.78 is 36.9. The first kappa shape index (κ1) is 21.1. The summed E-state index contributed by atoms with van der Waals surface area (Å²) >= 11 is 0. The molecule has 0 unspecified atom stereocenters. The van der Waals surface area contributed by atoms with Gasteiger partial charge < -0.3 is 9.15 Å². The number of carbonyl (C=O) groups is 2. The van der Waals surface area contributed by atoms with Crippen molar-refractivity contribution in [1.29, 1.82) is 0 Å². The molecule has 7 heteroatoms. The summed E-state index contributed by atoms with van der Waals surface area (Å²) in [6.45, 7) is 0. The van der Waals surface area contributed by atoms with E-state index in [0.717, 1.165) is 0 Å². The summed E-state index contributed by atoms with van der Waals surface area (Å²) in [5.74, 6) is -0.362. The molecule has 0 radical (unpaired) electrons. The highest BCUT2D eigenvalue weighted by molar-refractivity contribution is 6.09. The van der Waals surface area contributed by atoms with Crippen LogP contribution in [-0.2, 0) is 11.2 Å². The Labute approximate surface area is 182 Å². The van der Waals surface area contributed by atoms with Crippen LogP contribution in [0.15, 0.2) is 83.4 Å². The van der Waals surface area contributed by atoms with Gasteiger partial charge in [0, 0.05) is 23.1 Å². The Hall–Kier alpha value is -4.13. The van der Waals surface area contributed by atoms with Crippen molar-refractivity contribution in [2.75, 3.05) is 0 Å². The fourth-order valence-electron chi connectivity index (χ4n) is 3.01. The van der Waals surface area contributed by atoms with E-state index in [1.54, 1.807) is 12.1 Å². The van der Waals surface area contributed by atoms with Crippen LogP contribution in [-0.4, -0.2) is 16.7 Å². The van der Waals surface area contributed by atoms with Crippen molar-refractivity contribution in [3.8, 4) is 17.1 Å². The van der Waals surface area contributed by atoms with Gasteiger partial charge in [0.15, 0.2) is 17.4 Å². The quantitative estimate of drug-likeness (QED) is 0.222. The second-order valence-electron chi connectivity index (χ2n) is 6.96. The molecular weight excluding hydrogens is 416 g/mol. The van der Waals surface area contributed by atoms with Crippen LogP contribution in [0.5, 0.6) is 5.75 Å². The highest BCUT2D eigenvalue weighted by atomic mass is 19.1. The number of nitrogens with zero attached hydrogens (tertiary/aromatic N) is 1. The van der Waals surface area contributed by atoms with Crippen molar-refractivity contribution in [1.82, 2.24) is 4.98 Å². The van der Waals surface area contributed by atoms with Crippen LogP contribution in [0.2, 0.25) is 0 Å². The van der Waals surface area contributed by atoms with E-state index >= 15 is 0 Å². The number of halogens is 2. The van der Waals surface area contributed by atoms with Gasteiger partial charge in [-0.25, -0.2) is 13.8 Å². The third kappa shape index (κ3) is 5.13. The minimum absolute atomic E-state index is 0.0413. The van der Waals surface area contributed by atoms with E-state index in [4.69, 9.17) is 9.15 Å². The molecule has 0 amide bonds. The molecule has 32 heavy (non-hydrogen) atoms. The molecular formula is C25H17F2NO4. The van der Waals surface area contributed by atoms with Gasteiger partial charge in [0.1, 0.15) is 17.4 Å². The van der Waals surface area contributed by atoms with E-state index in [1.165, 1.54) is 66.9 Å². The van der Waals surface area contributed by atoms with Crippen LogP contribution in [0.25, 0.3) is 11.3 Å². The van der Waals surface area contributed by atoms with E-state index in [-0.39, 0.29) is 24.4 Å². The zero-order chi connectivity index (χ0) is 22.5. The van der Waals surface area contributed by atoms with E-state index in [0.29, 0.717) is 34.1 Å². The fraction of sp³-hybridized carbons (Fsp3) is 0.0800. The number of hydrogen-bond donors (Lipinski definition) is 0. The van der Waals surface area contributed by atoms with Crippen molar-refractivity contribution in [3.63, 3.8) is 0 Å². The number of oxazole rings is 1. The third-order valence-corrected chi connectivity index (χ3v) is 4.68. The number of ketones is 1. The fourth-order valence-corrected chi connectivity index (χ4v) is 3.01. The predicted octanol–water partition coefficient (Wildman–Crippen LogP) is 5.39. The van der Waals surface area contributed by atoms with Gasteiger partial charge in [-0.2, -0.15) is 0 Å². The molecule has 160 valence electrons. The van der Waals surface area contributed by atoms with Crippen molar-refractivity contribution >= 4 is 11.8 Å². The van der Waals surface area contributed by atoms with Gasteiger partial charge in [0.25, 0.3) is 0 Å². The Morgan fingerprint density at radius 1 is 0.812 bits per heavy atom. The van der Waals surface area contributed by atoms with Crippen molar-refractivity contribution in [2.45, 2.75) is 12.8 Å². The van der Waals surface area contributed by atoms with Gasteiger partial charge in [-0.1, -0.05) is 0 Å². The lowest BCUT2D eigenvalue weighted by atomic mass is 10.0. The number of aromatic nitrogens is 1. The molecule has 3 aromatic carbocycles. The molecule has 0 aliphatic carbocycles. The first-order chi connectivity index (χ1) is 15.5. The standard InChI is InChI=1S/C25H17F2NO4/c26-19-7-1-16(2-8-19)22-15-28-23(32-22)13-14-24(29)31-21-11-5-18(6-12-21)25(30)17-3-9-20(27)10-4-17/h1-12,15H,13-14H2. The second-order valence-corrected chi connectivity index (χ2v) is 6.96. The van der Waals surface area contributed by atoms with Gasteiger partial charge in [-0.3, -0.25) is 9.59 Å². The van der Waals surface area contributed by atoms with Gasteiger partial charge in [0.2, 0.25) is 0 Å². The number of hydrogen-bond acceptors (Lipinski definition) is 5. The topological polar surface area (TPSA) is 69.4 Å². The normalized spacial score (nSPS) is 10.7. The number of benzene rings is 3. The van der Waals surface area contributed by atoms with Crippen molar-refractivity contribution in [3.05, 3.63) is 108 Å². The van der Waals surface area contributed by atoms with E-state index < -0.39 is 11.8 Å². The molecule has 4 aromatic rings. The molecule has 1 heterocycles. The lowest BCUT2D eigenvalue weighted by molar-refractivity contribution is -0.134. The predicted molar refractivity (Wildman–Crippen MR) is 112 cm³/mol. The number of rotatable bonds is 7. The van der Waals surface area contributed by atoms with Crippen molar-refractivity contribution < 1.29 is 27.5 Å². The molecule has 4 rings (SSSR count). The summed E-state index contributed by atoms with van der Waals surface area (Å²) in [5.41, 5.74) is 1.44. The Kier molecular flexibility index (Phi) is 6.17. The van der Waals surface area contributed by atoms with Crippen molar-refractivity contribution in [2.24, 2.45) is 0 Å². The number of esters is 1. The molecule has 0 aliphatic rings. The van der Waals surface area contributed by atoms with Gasteiger partial charge >= 0.3 is 5.97 Å². The molecule has 1 aromatic heterocycles. The molecule has 0 N–H and O–H groups in total. The lowest BCUT2D eigenvalue weighted by Crippen LogP contribution is -2.09. The van der Waals surface area contributed by atoms with Crippen LogP contribution in [0.4, 0.5) is 8.78 Å². The maximum absolute atomic E-state index is 13.0. The van der Waals surface area contributed by atoms with E-state index in [1.807, 2.05) is 0 Å². The van der Waals surface area contributed by atoms with Gasteiger partial charge in [-0.15, -0.1) is 0 Å². The minimum Gasteiger partial charge on any atom is -0.441 e. The summed E-state index contributed by atoms with van der Waals surface area (Å²) in [4.78, 5) is 28.7. The Bertz CT molecular complexity index is 1230. The highest BCUT2D eigenvalue weighted by Crippen LogP contribution is 2.21. The highest BCUT2D eigenvalue weighted by Gasteiger charge is 2.13. The lowest BCUT2D eigenvalue weighted by Gasteiger charge is -2.05. The number of aryl methyl sites for hydroxylation is 1. The molecule has 5 nitrogen and oxygen atoms in total. The maximum atomic E-state index is 13.0. The van der Waals surface area contributed by atoms with Crippen LogP contribution in [0, 0.1) is 11.6 Å². The molecule has 0 saturated carbocycles. The van der Waals surface area contributed by atoms with Gasteiger partial charge in [0.05, 0.1) is 12.6 Å². The van der Waals surface area contributed by atoms with E-state index in [2.05, 4.69) is 4.98 Å². The minimum atomic E-state index is -0.482. The summed E-state index contributed by atoms with van der Waals surface area (Å²) in [6.07, 6.45) is 1.80. The average molecular weight is 433 g/mol. The Morgan fingerprint density at radius 3 is 2.00 bits per heavy atom. The van der Waals surface area contributed by atoms with E-state index in [9.17, 15) is 18.4 Å². The number of ether oxygens (including phenoxy) is 1. The molecule has 0 aliphatic heterocycles. The zero-order valence-corrected chi connectivity index (χ0v) is 16.8. The summed E-state index contributed by atoms with van der Waals surface area (Å²) in [5, 5.41) is 0. The van der Waals surface area contributed by atoms with Crippen LogP contribution >= 0.6 is 0 Å². The molecule has 0 spiro atoms. The van der Waals surface area contributed by atoms with Crippen LogP contribution in [0.1, 0.15) is 28.2 Å². The maximum Gasteiger partial charge on any atom is 0.311 e. The van der Waals surface area contributed by atoms with Gasteiger partial charge in [-0.05, 0) is 72.8 Å². The summed E-state index contributed by atoms with van der Waals surface area (Å²) in [6, 6.07) is 17.2. The average Bonchev–Trinajstić information content (AvgIpc) is 3.28. The molecule has 0 bridgehead atoms. The number of carbonyl (C=O) groups excluding carboxylic acids is 2. The molecule has 0 atom stereocenters. The largest absolute Gasteiger partial charge is 0.441 e. The SMILES string of the molecule is O=C(CCc1ncc(-c2ccc(F)cc2)o1)Oc1ccc(C(=O)c2ccc(F)cc2)cc1. The molecule has 0 fully saturated rings. The first-order valence-electron chi connectivity index (χ1n) is 9.79. The van der Waals surface area contributed by atoms with Crippen LogP contribution in [0.3, 0.4) is 0 Å². The Balaban J connectivity index is 1.31. The summed E-state index contributed by atoms with van der Waals surface area (Å²) in [7, 11) is 0. The first-order valence-corrected chi connectivity index (χ1v) is 9.79. The molecule has 0 saturated heterocycles. The second kappa shape index (κ2) is 9.34. The Morgan fingerprint density at radius 2 is 1.38 bits per heavy atom. The zero-order valence-electron chi connectivity index (χ0n) is 16.8. The van der Waals surface area contributed by atoms with Crippen LogP contribution < -0.4 is 4.74 Å². The smallest absolute Gasteiger partial charge is 0.311 e. The monoisotopic (exact) mass is 433 g/mol.